The third-order valence-electron chi connectivity index (χ3n) is 7.32. The Morgan fingerprint density at radius 3 is 2.64 bits per heavy atom. The minimum Gasteiger partial charge on any atom is -0.463 e. The molecular formula is C33H23N5O7S2. The summed E-state index contributed by atoms with van der Waals surface area (Å²) in [7, 11) is 0. The molecule has 1 atom stereocenters. The van der Waals surface area contributed by atoms with Crippen LogP contribution in [0, 0.1) is 10.1 Å². The number of carbonyl (C=O) groups excluding carboxylic acids is 1. The Balaban J connectivity index is 1.47. The van der Waals surface area contributed by atoms with Crippen LogP contribution in [0.2, 0.25) is 0 Å². The Hall–Kier alpha value is -5.60. The minimum atomic E-state index is -0.936. The van der Waals surface area contributed by atoms with Crippen LogP contribution < -0.4 is 24.4 Å². The van der Waals surface area contributed by atoms with E-state index in [1.807, 2.05) is 30.3 Å². The van der Waals surface area contributed by atoms with Gasteiger partial charge in [-0.25, -0.2) is 19.8 Å². The first-order valence-corrected chi connectivity index (χ1v) is 16.0. The molecule has 0 amide bonds. The number of ether oxygens (including phenoxy) is 3. The smallest absolute Gasteiger partial charge is 0.338 e. The number of thiazole rings is 1. The third kappa shape index (κ3) is 5.79. The lowest BCUT2D eigenvalue weighted by molar-refractivity contribution is -0.384. The maximum absolute atomic E-state index is 14.4. The monoisotopic (exact) mass is 665 g/mol. The Morgan fingerprint density at radius 2 is 1.87 bits per heavy atom. The molecule has 14 heteroatoms. The number of fused-ring (bicyclic) bond motifs is 2. The highest BCUT2D eigenvalue weighted by atomic mass is 32.2. The summed E-state index contributed by atoms with van der Waals surface area (Å²) in [5.74, 6) is 0.406. The molecular weight excluding hydrogens is 643 g/mol. The van der Waals surface area contributed by atoms with Crippen molar-refractivity contribution in [3.05, 3.63) is 137 Å². The van der Waals surface area contributed by atoms with E-state index in [1.54, 1.807) is 55.7 Å². The number of nitro benzene ring substituents is 1. The zero-order valence-electron chi connectivity index (χ0n) is 24.6. The summed E-state index contributed by atoms with van der Waals surface area (Å²) in [4.78, 5) is 53.7. The summed E-state index contributed by atoms with van der Waals surface area (Å²) in [6.07, 6.45) is 4.79. The van der Waals surface area contributed by atoms with Gasteiger partial charge in [0.15, 0.2) is 21.5 Å². The number of rotatable bonds is 8. The van der Waals surface area contributed by atoms with Gasteiger partial charge in [0, 0.05) is 35.0 Å². The number of non-ortho nitro benzene ring substituents is 1. The lowest BCUT2D eigenvalue weighted by atomic mass is 9.93. The SMILES string of the molecule is CCOC(=O)C1=C(c2ccccc2)N=c2s/c(=C/c3cc([N+](=O)[O-])ccc3Sc3ncccn3)c(=O)n2[C@H]1c1ccc2c(c1)OCO2. The molecule has 0 saturated carbocycles. The first-order chi connectivity index (χ1) is 22.9. The molecule has 0 N–H and O–H groups in total. The first-order valence-electron chi connectivity index (χ1n) is 14.3. The molecule has 0 radical (unpaired) electrons. The van der Waals surface area contributed by atoms with Crippen LogP contribution in [0.15, 0.2) is 111 Å². The fraction of sp³-hybridized carbons (Fsp3) is 0.121. The molecule has 0 bridgehead atoms. The number of hydrogen-bond donors (Lipinski definition) is 0. The molecule has 12 nitrogen and oxygen atoms in total. The van der Waals surface area contributed by atoms with Crippen LogP contribution in [0.25, 0.3) is 11.8 Å². The quantitative estimate of drug-likeness (QED) is 0.100. The van der Waals surface area contributed by atoms with Gasteiger partial charge in [0.1, 0.15) is 0 Å². The van der Waals surface area contributed by atoms with Crippen LogP contribution in [0.1, 0.15) is 29.7 Å². The van der Waals surface area contributed by atoms with Crippen molar-refractivity contribution in [2.75, 3.05) is 13.4 Å². The zero-order valence-corrected chi connectivity index (χ0v) is 26.2. The zero-order chi connectivity index (χ0) is 32.5. The van der Waals surface area contributed by atoms with Crippen molar-refractivity contribution in [3.63, 3.8) is 0 Å². The highest BCUT2D eigenvalue weighted by Gasteiger charge is 2.36. The lowest BCUT2D eigenvalue weighted by Gasteiger charge is -2.26. The molecule has 0 fully saturated rings. The molecule has 0 unspecified atom stereocenters. The number of nitro groups is 1. The Labute approximate surface area is 274 Å². The fourth-order valence-electron chi connectivity index (χ4n) is 5.27. The van der Waals surface area contributed by atoms with Crippen LogP contribution in [0.5, 0.6) is 11.5 Å². The van der Waals surface area contributed by atoms with Gasteiger partial charge in [-0.1, -0.05) is 47.7 Å². The largest absolute Gasteiger partial charge is 0.463 e. The van der Waals surface area contributed by atoms with Crippen molar-refractivity contribution >= 4 is 46.5 Å². The molecule has 0 aliphatic carbocycles. The van der Waals surface area contributed by atoms with E-state index in [0.29, 0.717) is 48.7 Å². The summed E-state index contributed by atoms with van der Waals surface area (Å²) in [5, 5.41) is 12.2. The predicted molar refractivity (Wildman–Crippen MR) is 173 cm³/mol. The maximum atomic E-state index is 14.4. The van der Waals surface area contributed by atoms with E-state index in [-0.39, 0.29) is 29.2 Å². The number of esters is 1. The van der Waals surface area contributed by atoms with E-state index in [0.717, 1.165) is 11.3 Å². The van der Waals surface area contributed by atoms with Gasteiger partial charge >= 0.3 is 5.97 Å². The number of hydrogen-bond acceptors (Lipinski definition) is 12. The van der Waals surface area contributed by atoms with E-state index in [4.69, 9.17) is 19.2 Å². The van der Waals surface area contributed by atoms with Crippen molar-refractivity contribution in [3.8, 4) is 11.5 Å². The maximum Gasteiger partial charge on any atom is 0.338 e. The van der Waals surface area contributed by atoms with Gasteiger partial charge < -0.3 is 14.2 Å². The van der Waals surface area contributed by atoms with Gasteiger partial charge in [-0.2, -0.15) is 0 Å². The van der Waals surface area contributed by atoms with Crippen molar-refractivity contribution in [1.82, 2.24) is 14.5 Å². The molecule has 3 aromatic carbocycles. The van der Waals surface area contributed by atoms with Gasteiger partial charge in [-0.3, -0.25) is 19.5 Å². The molecule has 47 heavy (non-hydrogen) atoms. The van der Waals surface area contributed by atoms with Crippen LogP contribution in [0.3, 0.4) is 0 Å². The molecule has 5 aromatic rings. The number of nitrogens with zero attached hydrogens (tertiary/aromatic N) is 5. The minimum absolute atomic E-state index is 0.0506. The van der Waals surface area contributed by atoms with Crippen LogP contribution in [0.4, 0.5) is 5.69 Å². The molecule has 4 heterocycles. The second-order valence-corrected chi connectivity index (χ2v) is 12.2. The Morgan fingerprint density at radius 1 is 1.09 bits per heavy atom. The van der Waals surface area contributed by atoms with Crippen molar-refractivity contribution in [2.24, 2.45) is 4.99 Å². The first kappa shape index (κ1) is 30.1. The second-order valence-electron chi connectivity index (χ2n) is 10.2. The van der Waals surface area contributed by atoms with Gasteiger partial charge in [-0.05, 0) is 60.2 Å². The molecule has 7 rings (SSSR count). The Bertz CT molecular complexity index is 2250. The summed E-state index contributed by atoms with van der Waals surface area (Å²) in [5.41, 5.74) is 1.64. The van der Waals surface area contributed by atoms with E-state index >= 15 is 0 Å². The van der Waals surface area contributed by atoms with Crippen LogP contribution in [-0.2, 0) is 9.53 Å². The molecule has 2 aromatic heterocycles. The normalized spacial score (nSPS) is 15.3. The van der Waals surface area contributed by atoms with Crippen LogP contribution in [-0.4, -0.2) is 38.8 Å². The standard InChI is InChI=1S/C33H23N5O7S2/c1-2-43-31(40)27-28(19-7-4-3-5-8-19)36-33-37(29(27)20-9-11-23-24(16-20)45-18-44-23)30(39)26(47-33)17-21-15-22(38(41)42)10-12-25(21)46-32-34-13-6-14-35-32/h3-17,29H,2,18H2,1H3/b26-17+/t29-/m0/s1. The second kappa shape index (κ2) is 12.7. The lowest BCUT2D eigenvalue weighted by Crippen LogP contribution is -2.40. The molecule has 2 aliphatic rings. The van der Waals surface area contributed by atoms with Gasteiger partial charge in [0.25, 0.3) is 11.2 Å². The molecule has 0 saturated heterocycles. The highest BCUT2D eigenvalue weighted by Crippen LogP contribution is 2.40. The highest BCUT2D eigenvalue weighted by molar-refractivity contribution is 7.99. The fourth-order valence-corrected chi connectivity index (χ4v) is 7.06. The average Bonchev–Trinajstić information content (AvgIpc) is 3.69. The van der Waals surface area contributed by atoms with Gasteiger partial charge in [-0.15, -0.1) is 0 Å². The van der Waals surface area contributed by atoms with E-state index in [9.17, 15) is 19.7 Å². The van der Waals surface area contributed by atoms with Crippen molar-refractivity contribution < 1.29 is 23.9 Å². The number of benzene rings is 3. The Kier molecular flexibility index (Phi) is 8.10. The molecule has 0 spiro atoms. The van der Waals surface area contributed by atoms with Crippen LogP contribution >= 0.6 is 23.1 Å². The van der Waals surface area contributed by atoms with Crippen molar-refractivity contribution in [2.45, 2.75) is 23.0 Å². The van der Waals surface area contributed by atoms with Crippen molar-refractivity contribution in [1.29, 1.82) is 0 Å². The van der Waals surface area contributed by atoms with E-state index in [2.05, 4.69) is 9.97 Å². The summed E-state index contributed by atoms with van der Waals surface area (Å²) in [6.45, 7) is 1.87. The number of carbonyl (C=O) groups is 1. The number of aromatic nitrogens is 3. The molecule has 234 valence electrons. The average molecular weight is 666 g/mol. The third-order valence-corrected chi connectivity index (χ3v) is 9.29. The van der Waals surface area contributed by atoms with Gasteiger partial charge in [0.05, 0.1) is 33.4 Å². The topological polar surface area (TPSA) is 148 Å². The van der Waals surface area contributed by atoms with Gasteiger partial charge in [0.2, 0.25) is 6.79 Å². The van der Waals surface area contributed by atoms with E-state index < -0.39 is 22.5 Å². The summed E-state index contributed by atoms with van der Waals surface area (Å²) >= 11 is 2.32. The summed E-state index contributed by atoms with van der Waals surface area (Å²) in [6, 6.07) is 19.6. The molecule has 2 aliphatic heterocycles. The van der Waals surface area contributed by atoms with E-state index in [1.165, 1.54) is 28.5 Å². The summed E-state index contributed by atoms with van der Waals surface area (Å²) < 4.78 is 18.4. The predicted octanol–water partition coefficient (Wildman–Crippen LogP) is 4.51.